The summed E-state index contributed by atoms with van der Waals surface area (Å²) in [7, 11) is 1.56. The van der Waals surface area contributed by atoms with Crippen LogP contribution < -0.4 is 10.1 Å². The Morgan fingerprint density at radius 3 is 2.77 bits per heavy atom. The Hall–Kier alpha value is -1.75. The van der Waals surface area contributed by atoms with Gasteiger partial charge in [-0.15, -0.1) is 0 Å². The van der Waals surface area contributed by atoms with Crippen molar-refractivity contribution in [1.29, 1.82) is 0 Å². The standard InChI is InChI=1S/C16H20ClNO4/c1-22-14-6-2-10(8-13(14)17)3-7-15(19)18-12-5-4-11(9-12)16(20)21/h2,6,8,11-12H,3-5,7,9H2,1H3,(H,18,19)(H,20,21)/t11-,12+/m0/s1. The third-order valence-electron chi connectivity index (χ3n) is 4.00. The number of nitrogens with one attached hydrogen (secondary N) is 1. The molecule has 2 atom stereocenters. The van der Waals surface area contributed by atoms with Crippen LogP contribution in [0.4, 0.5) is 0 Å². The Balaban J connectivity index is 1.78. The van der Waals surface area contributed by atoms with E-state index in [1.807, 2.05) is 6.07 Å². The number of methoxy groups -OCH3 is 1. The number of benzene rings is 1. The molecule has 0 aliphatic heterocycles. The van der Waals surface area contributed by atoms with Gasteiger partial charge in [-0.3, -0.25) is 9.59 Å². The molecule has 0 aromatic heterocycles. The van der Waals surface area contributed by atoms with Crippen LogP contribution in [0.3, 0.4) is 0 Å². The highest BCUT2D eigenvalue weighted by Crippen LogP contribution is 2.26. The van der Waals surface area contributed by atoms with Gasteiger partial charge in [-0.1, -0.05) is 17.7 Å². The van der Waals surface area contributed by atoms with Gasteiger partial charge in [0.15, 0.2) is 0 Å². The topological polar surface area (TPSA) is 75.6 Å². The van der Waals surface area contributed by atoms with E-state index in [1.165, 1.54) is 0 Å². The molecule has 1 amide bonds. The molecular weight excluding hydrogens is 306 g/mol. The van der Waals surface area contributed by atoms with E-state index < -0.39 is 5.97 Å². The van der Waals surface area contributed by atoms with Crippen molar-refractivity contribution in [2.24, 2.45) is 5.92 Å². The van der Waals surface area contributed by atoms with Crippen molar-refractivity contribution in [2.75, 3.05) is 7.11 Å². The Kier molecular flexibility index (Phi) is 5.66. The third kappa shape index (κ3) is 4.37. The monoisotopic (exact) mass is 325 g/mol. The van der Waals surface area contributed by atoms with Crippen molar-refractivity contribution in [2.45, 2.75) is 38.1 Å². The van der Waals surface area contributed by atoms with Crippen molar-refractivity contribution >= 4 is 23.5 Å². The fourth-order valence-corrected chi connectivity index (χ4v) is 3.04. The van der Waals surface area contributed by atoms with Crippen LogP contribution in [0.1, 0.15) is 31.2 Å². The number of carboxylic acids is 1. The molecule has 5 nitrogen and oxygen atoms in total. The van der Waals surface area contributed by atoms with Crippen LogP contribution in [0.15, 0.2) is 18.2 Å². The molecule has 1 aromatic rings. The predicted octanol–water partition coefficient (Wildman–Crippen LogP) is 2.65. The highest BCUT2D eigenvalue weighted by molar-refractivity contribution is 6.32. The second kappa shape index (κ2) is 7.49. The lowest BCUT2D eigenvalue weighted by molar-refractivity contribution is -0.141. The number of carboxylic acid groups (broad SMARTS) is 1. The highest BCUT2D eigenvalue weighted by atomic mass is 35.5. The Morgan fingerprint density at radius 1 is 1.41 bits per heavy atom. The van der Waals surface area contributed by atoms with Crippen LogP contribution in [-0.2, 0) is 16.0 Å². The largest absolute Gasteiger partial charge is 0.495 e. The zero-order valence-electron chi connectivity index (χ0n) is 12.5. The van der Waals surface area contributed by atoms with Gasteiger partial charge in [0.05, 0.1) is 18.1 Å². The number of ether oxygens (including phenoxy) is 1. The molecule has 120 valence electrons. The summed E-state index contributed by atoms with van der Waals surface area (Å²) in [5, 5.41) is 12.4. The summed E-state index contributed by atoms with van der Waals surface area (Å²) >= 11 is 6.05. The summed E-state index contributed by atoms with van der Waals surface area (Å²) in [5.41, 5.74) is 0.968. The van der Waals surface area contributed by atoms with Crippen molar-refractivity contribution < 1.29 is 19.4 Å². The Labute approximate surface area is 134 Å². The van der Waals surface area contributed by atoms with Crippen LogP contribution in [0, 0.1) is 5.92 Å². The predicted molar refractivity (Wildman–Crippen MR) is 83.2 cm³/mol. The summed E-state index contributed by atoms with van der Waals surface area (Å²) in [6.45, 7) is 0. The number of aryl methyl sites for hydroxylation is 1. The summed E-state index contributed by atoms with van der Waals surface area (Å²) < 4.78 is 5.08. The molecule has 2 rings (SSSR count). The number of aliphatic carboxylic acids is 1. The first-order chi connectivity index (χ1) is 10.5. The van der Waals surface area contributed by atoms with Crippen LogP contribution in [-0.4, -0.2) is 30.1 Å². The van der Waals surface area contributed by atoms with Crippen molar-refractivity contribution in [3.63, 3.8) is 0 Å². The summed E-state index contributed by atoms with van der Waals surface area (Å²) in [5.74, 6) is -0.543. The minimum Gasteiger partial charge on any atom is -0.495 e. The zero-order valence-corrected chi connectivity index (χ0v) is 13.2. The van der Waals surface area contributed by atoms with E-state index in [0.717, 1.165) is 12.0 Å². The average Bonchev–Trinajstić information content (AvgIpc) is 2.94. The molecule has 2 N–H and O–H groups in total. The van der Waals surface area contributed by atoms with Gasteiger partial charge >= 0.3 is 5.97 Å². The molecule has 1 aliphatic carbocycles. The second-order valence-electron chi connectivity index (χ2n) is 5.58. The number of halogens is 1. The van der Waals surface area contributed by atoms with E-state index in [-0.39, 0.29) is 17.9 Å². The summed E-state index contributed by atoms with van der Waals surface area (Å²) in [4.78, 5) is 22.8. The van der Waals surface area contributed by atoms with Crippen molar-refractivity contribution in [3.8, 4) is 5.75 Å². The lowest BCUT2D eigenvalue weighted by Crippen LogP contribution is -2.33. The molecule has 0 saturated heterocycles. The third-order valence-corrected chi connectivity index (χ3v) is 4.30. The van der Waals surface area contributed by atoms with E-state index in [0.29, 0.717) is 36.5 Å². The second-order valence-corrected chi connectivity index (χ2v) is 5.99. The van der Waals surface area contributed by atoms with Crippen LogP contribution in [0.25, 0.3) is 0 Å². The summed E-state index contributed by atoms with van der Waals surface area (Å²) in [6.07, 6.45) is 2.84. The molecule has 6 heteroatoms. The molecule has 0 heterocycles. The number of carbonyl (C=O) groups excluding carboxylic acids is 1. The molecule has 1 aliphatic rings. The van der Waals surface area contributed by atoms with Gasteiger partial charge in [0.25, 0.3) is 0 Å². The number of carbonyl (C=O) groups is 2. The summed E-state index contributed by atoms with van der Waals surface area (Å²) in [6, 6.07) is 5.44. The fourth-order valence-electron chi connectivity index (χ4n) is 2.76. The molecule has 0 bridgehead atoms. The van der Waals surface area contributed by atoms with Gasteiger partial charge in [0, 0.05) is 12.5 Å². The number of hydrogen-bond donors (Lipinski definition) is 2. The molecule has 0 unspecified atom stereocenters. The molecule has 0 radical (unpaired) electrons. The van der Waals surface area contributed by atoms with Crippen LogP contribution in [0.5, 0.6) is 5.75 Å². The molecule has 0 spiro atoms. The maximum atomic E-state index is 11.9. The molecule has 1 fully saturated rings. The normalized spacial score (nSPS) is 20.6. The molecule has 1 aromatic carbocycles. The van der Waals surface area contributed by atoms with Crippen molar-refractivity contribution in [3.05, 3.63) is 28.8 Å². The van der Waals surface area contributed by atoms with E-state index >= 15 is 0 Å². The van der Waals surface area contributed by atoms with Gasteiger partial charge in [-0.2, -0.15) is 0 Å². The molecule has 22 heavy (non-hydrogen) atoms. The van der Waals surface area contributed by atoms with E-state index in [9.17, 15) is 9.59 Å². The fraction of sp³-hybridized carbons (Fsp3) is 0.500. The first-order valence-electron chi connectivity index (χ1n) is 7.34. The number of rotatable bonds is 6. The smallest absolute Gasteiger partial charge is 0.306 e. The van der Waals surface area contributed by atoms with E-state index in [2.05, 4.69) is 5.32 Å². The van der Waals surface area contributed by atoms with Gasteiger partial charge < -0.3 is 15.2 Å². The van der Waals surface area contributed by atoms with Crippen LogP contribution in [0.2, 0.25) is 5.02 Å². The number of hydrogen-bond acceptors (Lipinski definition) is 3. The first kappa shape index (κ1) is 16.6. The van der Waals surface area contributed by atoms with E-state index in [4.69, 9.17) is 21.4 Å². The van der Waals surface area contributed by atoms with E-state index in [1.54, 1.807) is 19.2 Å². The minimum absolute atomic E-state index is 0.0203. The maximum absolute atomic E-state index is 11.9. The highest BCUT2D eigenvalue weighted by Gasteiger charge is 2.30. The lowest BCUT2D eigenvalue weighted by Gasteiger charge is -2.12. The lowest BCUT2D eigenvalue weighted by atomic mass is 10.1. The Morgan fingerprint density at radius 2 is 2.18 bits per heavy atom. The SMILES string of the molecule is COc1ccc(CCC(=O)N[C@@H]2CC[C@H](C(=O)O)C2)cc1Cl. The maximum Gasteiger partial charge on any atom is 0.306 e. The minimum atomic E-state index is -0.773. The molecule has 1 saturated carbocycles. The van der Waals surface area contributed by atoms with Gasteiger partial charge in [-0.05, 0) is 43.4 Å². The quantitative estimate of drug-likeness (QED) is 0.843. The van der Waals surface area contributed by atoms with Gasteiger partial charge in [-0.25, -0.2) is 0 Å². The average molecular weight is 326 g/mol. The number of amides is 1. The first-order valence-corrected chi connectivity index (χ1v) is 7.72. The Bertz CT molecular complexity index is 561. The van der Waals surface area contributed by atoms with Crippen LogP contribution >= 0.6 is 11.6 Å². The zero-order chi connectivity index (χ0) is 16.1. The molecular formula is C16H20ClNO4. The van der Waals surface area contributed by atoms with Gasteiger partial charge in [0.1, 0.15) is 5.75 Å². The van der Waals surface area contributed by atoms with Crippen molar-refractivity contribution in [1.82, 2.24) is 5.32 Å². The van der Waals surface area contributed by atoms with Gasteiger partial charge in [0.2, 0.25) is 5.91 Å².